The second-order valence-electron chi connectivity index (χ2n) is 10.2. The van der Waals surface area contributed by atoms with Crippen molar-refractivity contribution >= 4 is 5.97 Å². The monoisotopic (exact) mass is 644 g/mol. The first-order valence-electron chi connectivity index (χ1n) is 11.1. The van der Waals surface area contributed by atoms with E-state index in [1.165, 1.54) is 0 Å². The van der Waals surface area contributed by atoms with Crippen molar-refractivity contribution in [2.75, 3.05) is 0 Å². The highest BCUT2D eigenvalue weighted by atomic mass is 19.4. The zero-order valence-electron chi connectivity index (χ0n) is 20.1. The number of rotatable bonds is 10. The maximum atomic E-state index is 14.8. The zero-order chi connectivity index (χ0) is 32.6. The van der Waals surface area contributed by atoms with Gasteiger partial charge in [0.25, 0.3) is 0 Å². The first kappa shape index (κ1) is 35.1. The molecule has 0 saturated heterocycles. The van der Waals surface area contributed by atoms with E-state index in [9.17, 15) is 83.8 Å². The first-order valence-corrected chi connectivity index (χ1v) is 11.1. The van der Waals surface area contributed by atoms with Gasteiger partial charge >= 0.3 is 53.9 Å². The van der Waals surface area contributed by atoms with Crippen LogP contribution in [0.5, 0.6) is 0 Å². The maximum absolute atomic E-state index is 14.8. The van der Waals surface area contributed by atoms with E-state index in [0.29, 0.717) is 6.42 Å². The quantitative estimate of drug-likeness (QED) is 0.135. The number of halogens is 18. The van der Waals surface area contributed by atoms with Gasteiger partial charge in [0.1, 0.15) is 11.2 Å². The molecule has 0 spiro atoms. The third kappa shape index (κ3) is 5.33. The van der Waals surface area contributed by atoms with Gasteiger partial charge < -0.3 is 4.74 Å². The molecule has 0 aliphatic heterocycles. The fraction of sp³-hybridized carbons (Fsp3) is 0.857. The molecule has 4 atom stereocenters. The Balaban J connectivity index is 2.58. The third-order valence-corrected chi connectivity index (χ3v) is 7.40. The number of ether oxygens (including phenoxy) is 1. The van der Waals surface area contributed by atoms with E-state index in [0.717, 1.165) is 0 Å². The number of carbonyl (C=O) groups is 1. The highest BCUT2D eigenvalue weighted by Crippen LogP contribution is 2.64. The molecule has 240 valence electrons. The molecule has 41 heavy (non-hydrogen) atoms. The van der Waals surface area contributed by atoms with Crippen molar-refractivity contribution in [3.63, 3.8) is 0 Å². The van der Waals surface area contributed by atoms with E-state index < -0.39 is 89.2 Å². The van der Waals surface area contributed by atoms with Crippen molar-refractivity contribution in [2.24, 2.45) is 17.8 Å². The van der Waals surface area contributed by atoms with Crippen molar-refractivity contribution in [3.8, 4) is 0 Å². The van der Waals surface area contributed by atoms with Crippen LogP contribution < -0.4 is 0 Å². The Labute approximate surface area is 218 Å². The second kappa shape index (κ2) is 9.74. The first-order chi connectivity index (χ1) is 17.8. The molecule has 2 saturated carbocycles. The Morgan fingerprint density at radius 1 is 0.683 bits per heavy atom. The van der Waals surface area contributed by atoms with E-state index in [1.807, 2.05) is 0 Å². The summed E-state index contributed by atoms with van der Waals surface area (Å²) in [6.45, 7) is 2.51. The summed E-state index contributed by atoms with van der Waals surface area (Å²) in [5, 5.41) is 0. The number of alkyl halides is 18. The average Bonchev–Trinajstić information content (AvgIpc) is 3.40. The Morgan fingerprint density at radius 3 is 1.49 bits per heavy atom. The summed E-state index contributed by atoms with van der Waals surface area (Å²) in [7, 11) is 0. The van der Waals surface area contributed by atoms with Crippen molar-refractivity contribution in [1.82, 2.24) is 0 Å². The van der Waals surface area contributed by atoms with Gasteiger partial charge in [-0.1, -0.05) is 13.0 Å². The minimum atomic E-state index is -8.52. The molecular weight excluding hydrogens is 626 g/mol. The highest BCUT2D eigenvalue weighted by molar-refractivity contribution is 5.89. The largest absolute Gasteiger partial charge is 0.460 e. The summed E-state index contributed by atoms with van der Waals surface area (Å²) in [6, 6.07) is 0. The molecule has 0 aromatic rings. The fourth-order valence-electron chi connectivity index (χ4n) is 5.18. The number of esters is 1. The molecule has 2 nitrogen and oxygen atoms in total. The maximum Gasteiger partial charge on any atom is 0.460 e. The molecule has 20 heteroatoms. The number of hydrogen-bond acceptors (Lipinski definition) is 2. The SMILES string of the molecule is C=C(C(=O)OC(C)(CC(F)(F)C(F)(F)C(F)(F)C(F)(F)C(F)(F)C(F)(F)C(F)(F)F)C1CC2CCC1C2)C(F)(F)F. The van der Waals surface area contributed by atoms with Crippen molar-refractivity contribution in [1.29, 1.82) is 0 Å². The van der Waals surface area contributed by atoms with Crippen LogP contribution in [0.3, 0.4) is 0 Å². The summed E-state index contributed by atoms with van der Waals surface area (Å²) in [4.78, 5) is 12.0. The van der Waals surface area contributed by atoms with E-state index in [1.54, 1.807) is 0 Å². The zero-order valence-corrected chi connectivity index (χ0v) is 20.1. The van der Waals surface area contributed by atoms with Crippen LogP contribution in [-0.4, -0.2) is 59.5 Å². The number of carbonyl (C=O) groups excluding carboxylic acids is 1. The van der Waals surface area contributed by atoms with Gasteiger partial charge in [-0.15, -0.1) is 0 Å². The van der Waals surface area contributed by atoms with E-state index in [-0.39, 0.29) is 26.2 Å². The molecule has 2 rings (SSSR count). The molecule has 0 aromatic heterocycles. The lowest BCUT2D eigenvalue weighted by atomic mass is 9.73. The highest BCUT2D eigenvalue weighted by Gasteiger charge is 2.93. The predicted molar refractivity (Wildman–Crippen MR) is 99.0 cm³/mol. The summed E-state index contributed by atoms with van der Waals surface area (Å²) in [5.41, 5.74) is -5.75. The van der Waals surface area contributed by atoms with Crippen LogP contribution in [0.4, 0.5) is 79.0 Å². The molecule has 0 heterocycles. The van der Waals surface area contributed by atoms with Crippen molar-refractivity contribution in [2.45, 2.75) is 92.5 Å². The molecular formula is C21H18F18O2. The normalized spacial score (nSPS) is 24.8. The van der Waals surface area contributed by atoms with Gasteiger partial charge in [0.05, 0.1) is 6.42 Å². The molecule has 0 amide bonds. The van der Waals surface area contributed by atoms with Gasteiger partial charge in [-0.05, 0) is 38.0 Å². The van der Waals surface area contributed by atoms with Crippen molar-refractivity contribution in [3.05, 3.63) is 12.2 Å². The summed E-state index contributed by atoms with van der Waals surface area (Å²) in [5.74, 6) is -53.7. The van der Waals surface area contributed by atoms with Gasteiger partial charge in [-0.25, -0.2) is 4.79 Å². The Hall–Kier alpha value is -2.05. The summed E-state index contributed by atoms with van der Waals surface area (Å²) in [6.07, 6.45) is -16.3. The smallest absolute Gasteiger partial charge is 0.455 e. The molecule has 0 aromatic carbocycles. The van der Waals surface area contributed by atoms with Crippen LogP contribution in [0.25, 0.3) is 0 Å². The third-order valence-electron chi connectivity index (χ3n) is 7.40. The lowest BCUT2D eigenvalue weighted by molar-refractivity contribution is -0.453. The fourth-order valence-corrected chi connectivity index (χ4v) is 5.18. The second-order valence-corrected chi connectivity index (χ2v) is 10.2. The van der Waals surface area contributed by atoms with Gasteiger partial charge in [-0.2, -0.15) is 79.0 Å². The van der Waals surface area contributed by atoms with Gasteiger partial charge in [0, 0.05) is 5.92 Å². The van der Waals surface area contributed by atoms with Crippen molar-refractivity contribution < 1.29 is 88.6 Å². The number of fused-ring (bicyclic) bond motifs is 2. The van der Waals surface area contributed by atoms with Crippen LogP contribution in [-0.2, 0) is 9.53 Å². The van der Waals surface area contributed by atoms with E-state index in [4.69, 9.17) is 0 Å². The summed E-state index contributed by atoms with van der Waals surface area (Å²) >= 11 is 0. The van der Waals surface area contributed by atoms with Crippen LogP contribution in [0, 0.1) is 17.8 Å². The van der Waals surface area contributed by atoms with E-state index in [2.05, 4.69) is 11.3 Å². The van der Waals surface area contributed by atoms with Crippen LogP contribution in [0.2, 0.25) is 0 Å². The molecule has 2 aliphatic carbocycles. The predicted octanol–water partition coefficient (Wildman–Crippen LogP) is 8.61. The molecule has 2 aliphatic rings. The van der Waals surface area contributed by atoms with Gasteiger partial charge in [0.15, 0.2) is 0 Å². The number of hydrogen-bond donors (Lipinski definition) is 0. The lowest BCUT2D eigenvalue weighted by Gasteiger charge is -2.45. The minimum Gasteiger partial charge on any atom is -0.455 e. The standard InChI is InChI=1S/C21H18F18O2/c1-8(15(24,25)26)12(40)41-13(2,11-6-9-3-4-10(11)5-9)7-14(22,23)16(27,28)17(29,30)18(31,32)19(33,34)20(35,36)21(37,38)39/h9-11H,1,3-7H2,2H3. The molecule has 0 radical (unpaired) electrons. The molecule has 4 unspecified atom stereocenters. The van der Waals surface area contributed by atoms with Crippen LogP contribution in [0.1, 0.15) is 39.0 Å². The minimum absolute atomic E-state index is 0.0671. The van der Waals surface area contributed by atoms with E-state index >= 15 is 0 Å². The van der Waals surface area contributed by atoms with Crippen LogP contribution in [0.15, 0.2) is 12.2 Å². The van der Waals surface area contributed by atoms with Gasteiger partial charge in [-0.3, -0.25) is 0 Å². The topological polar surface area (TPSA) is 26.3 Å². The lowest BCUT2D eigenvalue weighted by Crippen LogP contribution is -2.73. The van der Waals surface area contributed by atoms with Gasteiger partial charge in [0.2, 0.25) is 0 Å². The molecule has 2 fully saturated rings. The molecule has 0 N–H and O–H groups in total. The Bertz CT molecular complexity index is 1030. The van der Waals surface area contributed by atoms with Crippen LogP contribution >= 0.6 is 0 Å². The summed E-state index contributed by atoms with van der Waals surface area (Å²) < 4.78 is 247. The Kier molecular flexibility index (Phi) is 8.35. The molecule has 2 bridgehead atoms. The Morgan fingerprint density at radius 2 is 1.12 bits per heavy atom. The average molecular weight is 644 g/mol.